The molecule has 2 nitrogen and oxygen atoms in total. The Morgan fingerprint density at radius 3 is 1.74 bits per heavy atom. The van der Waals surface area contributed by atoms with E-state index >= 15 is 0 Å². The third-order valence-corrected chi connectivity index (χ3v) is 3.10. The van der Waals surface area contributed by atoms with Gasteiger partial charge < -0.3 is 0 Å². The van der Waals surface area contributed by atoms with Crippen molar-refractivity contribution in [3.63, 3.8) is 0 Å². The van der Waals surface area contributed by atoms with Crippen molar-refractivity contribution in [3.8, 4) is 0 Å². The van der Waals surface area contributed by atoms with Gasteiger partial charge in [0.25, 0.3) is 0 Å². The molecular formula is C16H11BrO2. The Balaban J connectivity index is 2.09. The van der Waals surface area contributed by atoms with Crippen LogP contribution in [0.5, 0.6) is 0 Å². The highest BCUT2D eigenvalue weighted by molar-refractivity contribution is 9.10. The second-order valence-electron chi connectivity index (χ2n) is 3.93. The summed E-state index contributed by atoms with van der Waals surface area (Å²) in [7, 11) is 0. The topological polar surface area (TPSA) is 34.1 Å². The lowest BCUT2D eigenvalue weighted by atomic mass is 10.1. The Morgan fingerprint density at radius 1 is 0.737 bits per heavy atom. The molecule has 0 bridgehead atoms. The van der Waals surface area contributed by atoms with Crippen molar-refractivity contribution >= 4 is 27.5 Å². The molecule has 19 heavy (non-hydrogen) atoms. The van der Waals surface area contributed by atoms with E-state index in [4.69, 9.17) is 0 Å². The number of carbonyl (C=O) groups is 2. The van der Waals surface area contributed by atoms with Crippen molar-refractivity contribution in [2.45, 2.75) is 0 Å². The predicted octanol–water partition coefficient (Wildman–Crippen LogP) is 4.07. The summed E-state index contributed by atoms with van der Waals surface area (Å²) >= 11 is 3.30. The maximum atomic E-state index is 11.8. The van der Waals surface area contributed by atoms with Crippen LogP contribution >= 0.6 is 15.9 Å². The lowest BCUT2D eigenvalue weighted by molar-refractivity contribution is 0.102. The fourth-order valence-electron chi connectivity index (χ4n) is 1.56. The molecule has 0 radical (unpaired) electrons. The minimum atomic E-state index is -0.184. The van der Waals surface area contributed by atoms with Gasteiger partial charge in [0.1, 0.15) is 0 Å². The van der Waals surface area contributed by atoms with Crippen LogP contribution in [-0.4, -0.2) is 11.6 Å². The van der Waals surface area contributed by atoms with Crippen LogP contribution < -0.4 is 0 Å². The highest BCUT2D eigenvalue weighted by Crippen LogP contribution is 2.11. The number of halogens is 1. The molecule has 94 valence electrons. The molecule has 2 aromatic carbocycles. The van der Waals surface area contributed by atoms with Crippen LogP contribution in [0.4, 0.5) is 0 Å². The first-order valence-electron chi connectivity index (χ1n) is 5.74. The van der Waals surface area contributed by atoms with Crippen molar-refractivity contribution in [2.24, 2.45) is 0 Å². The van der Waals surface area contributed by atoms with E-state index in [1.54, 1.807) is 48.5 Å². The van der Waals surface area contributed by atoms with Crippen LogP contribution in [0.1, 0.15) is 20.7 Å². The van der Waals surface area contributed by atoms with E-state index in [0.29, 0.717) is 11.1 Å². The summed E-state index contributed by atoms with van der Waals surface area (Å²) in [6.07, 6.45) is 2.61. The van der Waals surface area contributed by atoms with Gasteiger partial charge in [0.05, 0.1) is 0 Å². The normalized spacial score (nSPS) is 10.6. The van der Waals surface area contributed by atoms with Crippen LogP contribution in [0, 0.1) is 0 Å². The van der Waals surface area contributed by atoms with E-state index in [0.717, 1.165) is 4.47 Å². The molecule has 0 aliphatic carbocycles. The van der Waals surface area contributed by atoms with E-state index in [1.807, 2.05) is 6.07 Å². The molecule has 0 spiro atoms. The van der Waals surface area contributed by atoms with Crippen LogP contribution in [0.25, 0.3) is 0 Å². The minimum absolute atomic E-state index is 0.175. The number of carbonyl (C=O) groups excluding carboxylic acids is 2. The monoisotopic (exact) mass is 314 g/mol. The van der Waals surface area contributed by atoms with Crippen molar-refractivity contribution in [1.29, 1.82) is 0 Å². The van der Waals surface area contributed by atoms with Gasteiger partial charge in [-0.15, -0.1) is 0 Å². The summed E-state index contributed by atoms with van der Waals surface area (Å²) < 4.78 is 0.911. The molecule has 0 saturated heterocycles. The van der Waals surface area contributed by atoms with E-state index in [2.05, 4.69) is 15.9 Å². The van der Waals surface area contributed by atoms with Crippen LogP contribution in [0.15, 0.2) is 71.2 Å². The standard InChI is InChI=1S/C16H11BrO2/c17-14-8-6-13(7-9-14)16(19)11-10-15(18)12-4-2-1-3-5-12/h1-11H. The third kappa shape index (κ3) is 3.73. The Morgan fingerprint density at radius 2 is 1.21 bits per heavy atom. The van der Waals surface area contributed by atoms with Crippen LogP contribution in [0.2, 0.25) is 0 Å². The second-order valence-corrected chi connectivity index (χ2v) is 4.85. The molecule has 0 saturated carbocycles. The average molecular weight is 315 g/mol. The fraction of sp³-hybridized carbons (Fsp3) is 0. The smallest absolute Gasteiger partial charge is 0.185 e. The molecule has 2 aromatic rings. The van der Waals surface area contributed by atoms with Gasteiger partial charge in [-0.3, -0.25) is 9.59 Å². The van der Waals surface area contributed by atoms with E-state index in [9.17, 15) is 9.59 Å². The van der Waals surface area contributed by atoms with Gasteiger partial charge in [-0.05, 0) is 36.4 Å². The Hall–Kier alpha value is -2.00. The van der Waals surface area contributed by atoms with Crippen LogP contribution in [0.3, 0.4) is 0 Å². The average Bonchev–Trinajstić information content (AvgIpc) is 2.46. The van der Waals surface area contributed by atoms with Gasteiger partial charge in [-0.1, -0.05) is 46.3 Å². The molecule has 0 N–H and O–H groups in total. The van der Waals surface area contributed by atoms with Crippen molar-refractivity contribution < 1.29 is 9.59 Å². The number of hydrogen-bond acceptors (Lipinski definition) is 2. The molecule has 0 aliphatic rings. The summed E-state index contributed by atoms with van der Waals surface area (Å²) in [6, 6.07) is 15.9. The molecule has 0 aromatic heterocycles. The molecule has 3 heteroatoms. The van der Waals surface area contributed by atoms with Crippen molar-refractivity contribution in [1.82, 2.24) is 0 Å². The fourth-order valence-corrected chi connectivity index (χ4v) is 1.82. The number of ketones is 2. The zero-order valence-electron chi connectivity index (χ0n) is 10.0. The Labute approximate surface area is 119 Å². The molecule has 0 unspecified atom stereocenters. The summed E-state index contributed by atoms with van der Waals surface area (Å²) in [5.41, 5.74) is 1.13. The van der Waals surface area contributed by atoms with Crippen LogP contribution in [-0.2, 0) is 0 Å². The van der Waals surface area contributed by atoms with Crippen molar-refractivity contribution in [2.75, 3.05) is 0 Å². The van der Waals surface area contributed by atoms with Gasteiger partial charge in [0.15, 0.2) is 11.6 Å². The van der Waals surface area contributed by atoms with Gasteiger partial charge in [-0.2, -0.15) is 0 Å². The zero-order chi connectivity index (χ0) is 13.7. The number of hydrogen-bond donors (Lipinski definition) is 0. The van der Waals surface area contributed by atoms with Gasteiger partial charge in [0.2, 0.25) is 0 Å². The molecule has 0 heterocycles. The summed E-state index contributed by atoms with van der Waals surface area (Å²) in [5, 5.41) is 0. The number of allylic oxidation sites excluding steroid dienone is 2. The quantitative estimate of drug-likeness (QED) is 0.629. The molecule has 0 fully saturated rings. The zero-order valence-corrected chi connectivity index (χ0v) is 11.6. The minimum Gasteiger partial charge on any atom is -0.289 e. The Kier molecular flexibility index (Phi) is 4.42. The summed E-state index contributed by atoms with van der Waals surface area (Å²) in [4.78, 5) is 23.6. The van der Waals surface area contributed by atoms with E-state index in [-0.39, 0.29) is 11.6 Å². The maximum Gasteiger partial charge on any atom is 0.185 e. The lowest BCUT2D eigenvalue weighted by Gasteiger charge is -1.96. The largest absolute Gasteiger partial charge is 0.289 e. The molecule has 0 atom stereocenters. The van der Waals surface area contributed by atoms with Gasteiger partial charge in [-0.25, -0.2) is 0 Å². The number of benzene rings is 2. The highest BCUT2D eigenvalue weighted by atomic mass is 79.9. The molecule has 2 rings (SSSR count). The Bertz CT molecular complexity index is 613. The third-order valence-electron chi connectivity index (χ3n) is 2.57. The second kappa shape index (κ2) is 6.25. The van der Waals surface area contributed by atoms with Gasteiger partial charge >= 0.3 is 0 Å². The summed E-state index contributed by atoms with van der Waals surface area (Å²) in [5.74, 6) is -0.358. The highest BCUT2D eigenvalue weighted by Gasteiger charge is 2.04. The molecule has 0 aliphatic heterocycles. The maximum absolute atomic E-state index is 11.8. The SMILES string of the molecule is O=C(C=CC(=O)c1ccc(Br)cc1)c1ccccc1. The lowest BCUT2D eigenvalue weighted by Crippen LogP contribution is -1.98. The van der Waals surface area contributed by atoms with Gasteiger partial charge in [0, 0.05) is 15.6 Å². The summed E-state index contributed by atoms with van der Waals surface area (Å²) in [6.45, 7) is 0. The van der Waals surface area contributed by atoms with E-state index < -0.39 is 0 Å². The van der Waals surface area contributed by atoms with E-state index in [1.165, 1.54) is 12.2 Å². The predicted molar refractivity (Wildman–Crippen MR) is 78.4 cm³/mol. The molecule has 0 amide bonds. The first-order valence-corrected chi connectivity index (χ1v) is 6.53. The first kappa shape index (κ1) is 13.4. The van der Waals surface area contributed by atoms with Crippen molar-refractivity contribution in [3.05, 3.63) is 82.3 Å². The first-order chi connectivity index (χ1) is 9.16. The number of rotatable bonds is 4. The molecular weight excluding hydrogens is 304 g/mol.